The first-order valence-electron chi connectivity index (χ1n) is 4.56. The predicted octanol–water partition coefficient (Wildman–Crippen LogP) is 1.84. The Morgan fingerprint density at radius 1 is 1.29 bits per heavy atom. The molecule has 14 heavy (non-hydrogen) atoms. The molecule has 0 saturated carbocycles. The van der Waals surface area contributed by atoms with Gasteiger partial charge in [-0.05, 0) is 31.5 Å². The SMILES string of the molecule is CC(=O)Nc1ccc(C(C)(C)N)cc1. The molecule has 0 saturated heterocycles. The van der Waals surface area contributed by atoms with Gasteiger partial charge in [-0.3, -0.25) is 4.79 Å². The number of hydrogen-bond donors (Lipinski definition) is 2. The average molecular weight is 192 g/mol. The third-order valence-corrected chi connectivity index (χ3v) is 1.95. The van der Waals surface area contributed by atoms with E-state index in [1.165, 1.54) is 6.92 Å². The molecule has 0 heterocycles. The van der Waals surface area contributed by atoms with Crippen LogP contribution in [0.5, 0.6) is 0 Å². The van der Waals surface area contributed by atoms with E-state index in [0.29, 0.717) is 0 Å². The van der Waals surface area contributed by atoms with Gasteiger partial charge in [0.15, 0.2) is 0 Å². The summed E-state index contributed by atoms with van der Waals surface area (Å²) >= 11 is 0. The quantitative estimate of drug-likeness (QED) is 0.751. The predicted molar refractivity (Wildman–Crippen MR) is 58.0 cm³/mol. The molecule has 76 valence electrons. The molecule has 0 unspecified atom stereocenters. The maximum Gasteiger partial charge on any atom is 0.221 e. The first-order chi connectivity index (χ1) is 6.39. The Bertz CT molecular complexity index is 322. The minimum atomic E-state index is -0.339. The number of carbonyl (C=O) groups excluding carboxylic acids is 1. The Kier molecular flexibility index (Phi) is 2.91. The topological polar surface area (TPSA) is 55.1 Å². The Morgan fingerprint density at radius 2 is 1.79 bits per heavy atom. The smallest absolute Gasteiger partial charge is 0.221 e. The second kappa shape index (κ2) is 3.80. The third-order valence-electron chi connectivity index (χ3n) is 1.95. The normalized spacial score (nSPS) is 11.1. The van der Waals surface area contributed by atoms with Crippen LogP contribution in [0.4, 0.5) is 5.69 Å². The van der Waals surface area contributed by atoms with Crippen molar-refractivity contribution in [3.05, 3.63) is 29.8 Å². The highest BCUT2D eigenvalue weighted by atomic mass is 16.1. The molecule has 0 fully saturated rings. The zero-order valence-electron chi connectivity index (χ0n) is 8.79. The standard InChI is InChI=1S/C11H16N2O/c1-8(14)13-10-6-4-9(5-7-10)11(2,3)12/h4-7H,12H2,1-3H3,(H,13,14). The minimum Gasteiger partial charge on any atom is -0.326 e. The number of benzene rings is 1. The van der Waals surface area contributed by atoms with Crippen molar-refractivity contribution in [1.29, 1.82) is 0 Å². The highest BCUT2D eigenvalue weighted by Crippen LogP contribution is 2.18. The minimum absolute atomic E-state index is 0.0650. The van der Waals surface area contributed by atoms with Crippen LogP contribution in [0, 0.1) is 0 Å². The fourth-order valence-corrected chi connectivity index (χ4v) is 1.19. The summed E-state index contributed by atoms with van der Waals surface area (Å²) in [6.45, 7) is 5.38. The lowest BCUT2D eigenvalue weighted by atomic mass is 9.96. The monoisotopic (exact) mass is 192 g/mol. The van der Waals surface area contributed by atoms with Gasteiger partial charge in [0.05, 0.1) is 0 Å². The van der Waals surface area contributed by atoms with Gasteiger partial charge in [-0.25, -0.2) is 0 Å². The highest BCUT2D eigenvalue weighted by molar-refractivity contribution is 5.88. The third kappa shape index (κ3) is 2.85. The lowest BCUT2D eigenvalue weighted by Crippen LogP contribution is -2.28. The number of nitrogens with one attached hydrogen (secondary N) is 1. The molecule has 0 aliphatic carbocycles. The zero-order chi connectivity index (χ0) is 10.8. The van der Waals surface area contributed by atoms with Gasteiger partial charge in [-0.2, -0.15) is 0 Å². The second-order valence-electron chi connectivity index (χ2n) is 3.98. The number of amides is 1. The molecule has 1 amide bonds. The van der Waals surface area contributed by atoms with E-state index in [1.54, 1.807) is 0 Å². The van der Waals surface area contributed by atoms with E-state index in [4.69, 9.17) is 5.73 Å². The summed E-state index contributed by atoms with van der Waals surface area (Å²) < 4.78 is 0. The van der Waals surface area contributed by atoms with Crippen molar-refractivity contribution in [2.45, 2.75) is 26.3 Å². The van der Waals surface area contributed by atoms with Crippen LogP contribution in [-0.4, -0.2) is 5.91 Å². The molecule has 0 radical (unpaired) electrons. The molecule has 1 aromatic carbocycles. The fraction of sp³-hybridized carbons (Fsp3) is 0.364. The van der Waals surface area contributed by atoms with Crippen molar-refractivity contribution in [3.63, 3.8) is 0 Å². The zero-order valence-corrected chi connectivity index (χ0v) is 8.79. The molecule has 0 aliphatic heterocycles. The largest absolute Gasteiger partial charge is 0.326 e. The Hall–Kier alpha value is -1.35. The maximum atomic E-state index is 10.8. The number of nitrogens with two attached hydrogens (primary N) is 1. The van der Waals surface area contributed by atoms with E-state index < -0.39 is 0 Å². The molecule has 0 bridgehead atoms. The molecule has 0 aliphatic rings. The molecule has 3 nitrogen and oxygen atoms in total. The van der Waals surface area contributed by atoms with Crippen molar-refractivity contribution in [2.24, 2.45) is 5.73 Å². The summed E-state index contributed by atoms with van der Waals surface area (Å²) in [6, 6.07) is 7.55. The summed E-state index contributed by atoms with van der Waals surface area (Å²) in [7, 11) is 0. The van der Waals surface area contributed by atoms with E-state index in [2.05, 4.69) is 5.32 Å². The van der Waals surface area contributed by atoms with Crippen molar-refractivity contribution in [2.75, 3.05) is 5.32 Å². The van der Waals surface area contributed by atoms with Crippen molar-refractivity contribution < 1.29 is 4.79 Å². The summed E-state index contributed by atoms with van der Waals surface area (Å²) in [5, 5.41) is 2.70. The second-order valence-corrected chi connectivity index (χ2v) is 3.98. The van der Waals surface area contributed by atoms with Gasteiger partial charge in [0.25, 0.3) is 0 Å². The maximum absolute atomic E-state index is 10.8. The van der Waals surface area contributed by atoms with E-state index in [0.717, 1.165) is 11.3 Å². The number of anilines is 1. The highest BCUT2D eigenvalue weighted by Gasteiger charge is 2.13. The Morgan fingerprint density at radius 3 is 2.14 bits per heavy atom. The van der Waals surface area contributed by atoms with E-state index in [-0.39, 0.29) is 11.4 Å². The molecular formula is C11H16N2O. The molecule has 3 N–H and O–H groups in total. The van der Waals surface area contributed by atoms with Gasteiger partial charge in [0, 0.05) is 18.2 Å². The van der Waals surface area contributed by atoms with Crippen LogP contribution >= 0.6 is 0 Å². The number of hydrogen-bond acceptors (Lipinski definition) is 2. The van der Waals surface area contributed by atoms with Gasteiger partial charge < -0.3 is 11.1 Å². The number of carbonyl (C=O) groups is 1. The van der Waals surface area contributed by atoms with Gasteiger partial charge in [0.2, 0.25) is 5.91 Å². The Balaban J connectivity index is 2.84. The molecule has 0 aromatic heterocycles. The van der Waals surface area contributed by atoms with Crippen LogP contribution in [0.2, 0.25) is 0 Å². The van der Waals surface area contributed by atoms with Crippen LogP contribution in [0.3, 0.4) is 0 Å². The van der Waals surface area contributed by atoms with Gasteiger partial charge >= 0.3 is 0 Å². The van der Waals surface area contributed by atoms with Crippen LogP contribution in [0.25, 0.3) is 0 Å². The van der Waals surface area contributed by atoms with Gasteiger partial charge in [-0.15, -0.1) is 0 Å². The summed E-state index contributed by atoms with van der Waals surface area (Å²) in [5.74, 6) is -0.0650. The summed E-state index contributed by atoms with van der Waals surface area (Å²) in [5.41, 5.74) is 7.43. The lowest BCUT2D eigenvalue weighted by Gasteiger charge is -2.19. The van der Waals surface area contributed by atoms with Crippen molar-refractivity contribution in [1.82, 2.24) is 0 Å². The van der Waals surface area contributed by atoms with Crippen molar-refractivity contribution in [3.8, 4) is 0 Å². The first kappa shape index (κ1) is 10.7. The van der Waals surface area contributed by atoms with Crippen molar-refractivity contribution >= 4 is 11.6 Å². The van der Waals surface area contributed by atoms with Crippen LogP contribution in [-0.2, 0) is 10.3 Å². The van der Waals surface area contributed by atoms with E-state index in [1.807, 2.05) is 38.1 Å². The lowest BCUT2D eigenvalue weighted by molar-refractivity contribution is -0.114. The summed E-state index contributed by atoms with van der Waals surface area (Å²) in [6.07, 6.45) is 0. The molecule has 0 atom stereocenters. The molecular weight excluding hydrogens is 176 g/mol. The van der Waals surface area contributed by atoms with Gasteiger partial charge in [-0.1, -0.05) is 12.1 Å². The summed E-state index contributed by atoms with van der Waals surface area (Å²) in [4.78, 5) is 10.8. The molecule has 1 rings (SSSR count). The van der Waals surface area contributed by atoms with E-state index in [9.17, 15) is 4.79 Å². The first-order valence-corrected chi connectivity index (χ1v) is 4.56. The van der Waals surface area contributed by atoms with Crippen LogP contribution < -0.4 is 11.1 Å². The van der Waals surface area contributed by atoms with Gasteiger partial charge in [0.1, 0.15) is 0 Å². The molecule has 1 aromatic rings. The van der Waals surface area contributed by atoms with E-state index >= 15 is 0 Å². The van der Waals surface area contributed by atoms with Crippen LogP contribution in [0.1, 0.15) is 26.3 Å². The number of rotatable bonds is 2. The molecule has 3 heteroatoms. The average Bonchev–Trinajstić information content (AvgIpc) is 2.02. The van der Waals surface area contributed by atoms with Crippen LogP contribution in [0.15, 0.2) is 24.3 Å². The fourth-order valence-electron chi connectivity index (χ4n) is 1.19. The Labute approximate surface area is 84.3 Å². The molecule has 0 spiro atoms.